The molecule has 0 aromatic rings. The van der Waals surface area contributed by atoms with Crippen molar-refractivity contribution in [1.82, 2.24) is 0 Å². The van der Waals surface area contributed by atoms with Gasteiger partial charge in [-0.15, -0.1) is 0 Å². The number of phosphoric acid groups is 1. The first-order chi connectivity index (χ1) is 13.3. The molecule has 0 aromatic carbocycles. The maximum atomic E-state index is 11.5. The van der Waals surface area contributed by atoms with Crippen molar-refractivity contribution in [3.05, 3.63) is 12.2 Å². The molecule has 0 aliphatic heterocycles. The summed E-state index contributed by atoms with van der Waals surface area (Å²) in [4.78, 5) is 28.5. The Bertz CT molecular complexity index is 448. The number of rotatable bonds is 19. The van der Waals surface area contributed by atoms with E-state index in [4.69, 9.17) is 14.5 Å². The van der Waals surface area contributed by atoms with Crippen LogP contribution >= 0.6 is 7.82 Å². The van der Waals surface area contributed by atoms with Crippen molar-refractivity contribution in [3.63, 3.8) is 0 Å². The van der Waals surface area contributed by atoms with Gasteiger partial charge in [-0.3, -0.25) is 9.32 Å². The van der Waals surface area contributed by atoms with E-state index in [9.17, 15) is 14.5 Å². The molecule has 8 heteroatoms. The van der Waals surface area contributed by atoms with E-state index in [1.54, 1.807) is 0 Å². The number of carbonyl (C=O) groups is 1. The number of hydrogen-bond donors (Lipinski definition) is 3. The fourth-order valence-corrected chi connectivity index (χ4v) is 3.02. The van der Waals surface area contributed by atoms with Crippen LogP contribution in [0.5, 0.6) is 0 Å². The molecule has 0 bridgehead atoms. The highest BCUT2D eigenvalue weighted by molar-refractivity contribution is 7.46. The van der Waals surface area contributed by atoms with Gasteiger partial charge in [0.1, 0.15) is 12.7 Å². The molecule has 0 aromatic heterocycles. The highest BCUT2D eigenvalue weighted by Gasteiger charge is 2.17. The standard InChI is InChI=1S/C20H39O7P/c1-2-3-4-5-6-7-8-9-10-11-12-13-14-15-16-20(22)26-17-19(21)18-27-28(23,24)25/h8-9,19,21H,2-7,10-18H2,1H3,(H2,23,24,25)/b9-8-. The predicted octanol–water partition coefficient (Wildman–Crippen LogP) is 4.65. The average Bonchev–Trinajstić information content (AvgIpc) is 2.64. The van der Waals surface area contributed by atoms with Gasteiger partial charge >= 0.3 is 13.8 Å². The van der Waals surface area contributed by atoms with Gasteiger partial charge in [-0.05, 0) is 32.1 Å². The Labute approximate surface area is 169 Å². The van der Waals surface area contributed by atoms with E-state index in [-0.39, 0.29) is 13.0 Å². The molecule has 28 heavy (non-hydrogen) atoms. The quantitative estimate of drug-likeness (QED) is 0.120. The van der Waals surface area contributed by atoms with Gasteiger partial charge in [-0.25, -0.2) is 4.57 Å². The summed E-state index contributed by atoms with van der Waals surface area (Å²) in [6.07, 6.45) is 17.6. The molecule has 0 saturated heterocycles. The first-order valence-electron chi connectivity index (χ1n) is 10.5. The summed E-state index contributed by atoms with van der Waals surface area (Å²) in [7, 11) is -4.62. The van der Waals surface area contributed by atoms with Gasteiger partial charge in [0.15, 0.2) is 0 Å². The lowest BCUT2D eigenvalue weighted by atomic mass is 10.1. The van der Waals surface area contributed by atoms with Crippen LogP contribution in [-0.2, 0) is 18.6 Å². The normalized spacial score (nSPS) is 13.1. The van der Waals surface area contributed by atoms with Crippen molar-refractivity contribution in [1.29, 1.82) is 0 Å². The smallest absolute Gasteiger partial charge is 0.463 e. The van der Waals surface area contributed by atoms with Gasteiger partial charge in [-0.1, -0.05) is 64.0 Å². The fourth-order valence-electron chi connectivity index (χ4n) is 2.66. The number of phosphoric ester groups is 1. The zero-order chi connectivity index (χ0) is 21.1. The number of esters is 1. The lowest BCUT2D eigenvalue weighted by Crippen LogP contribution is -2.23. The molecule has 1 atom stereocenters. The monoisotopic (exact) mass is 422 g/mol. The third-order valence-electron chi connectivity index (χ3n) is 4.26. The van der Waals surface area contributed by atoms with Gasteiger partial charge in [-0.2, -0.15) is 0 Å². The van der Waals surface area contributed by atoms with Crippen LogP contribution in [0.25, 0.3) is 0 Å². The minimum absolute atomic E-state index is 0.282. The molecule has 0 rings (SSSR count). The molecule has 166 valence electrons. The molecule has 0 aliphatic rings. The van der Waals surface area contributed by atoms with Crippen molar-refractivity contribution < 1.29 is 33.5 Å². The number of ether oxygens (including phenoxy) is 1. The third-order valence-corrected chi connectivity index (χ3v) is 4.75. The minimum Gasteiger partial charge on any atom is -0.463 e. The van der Waals surface area contributed by atoms with Crippen molar-refractivity contribution in [2.45, 2.75) is 96.5 Å². The van der Waals surface area contributed by atoms with Crippen molar-refractivity contribution in [2.24, 2.45) is 0 Å². The number of aliphatic hydroxyl groups excluding tert-OH is 1. The summed E-state index contributed by atoms with van der Waals surface area (Å²) in [6.45, 7) is 1.32. The van der Waals surface area contributed by atoms with Crippen LogP contribution in [-0.4, -0.2) is 40.2 Å². The minimum atomic E-state index is -4.62. The number of unbranched alkanes of at least 4 members (excludes halogenated alkanes) is 10. The first-order valence-corrected chi connectivity index (χ1v) is 12.1. The Hall–Kier alpha value is -0.720. The number of aliphatic hydroxyl groups is 1. The van der Waals surface area contributed by atoms with Crippen LogP contribution in [0, 0.1) is 0 Å². The second kappa shape index (κ2) is 18.3. The van der Waals surface area contributed by atoms with E-state index in [0.29, 0.717) is 0 Å². The largest absolute Gasteiger partial charge is 0.469 e. The average molecular weight is 422 g/mol. The molecule has 0 spiro atoms. The molecule has 1 unspecified atom stereocenters. The van der Waals surface area contributed by atoms with Crippen LogP contribution in [0.2, 0.25) is 0 Å². The van der Waals surface area contributed by atoms with E-state index in [0.717, 1.165) is 32.1 Å². The summed E-state index contributed by atoms with van der Waals surface area (Å²) in [5, 5.41) is 9.40. The third kappa shape index (κ3) is 21.6. The van der Waals surface area contributed by atoms with Crippen LogP contribution in [0.4, 0.5) is 0 Å². The molecule has 0 aliphatic carbocycles. The zero-order valence-electron chi connectivity index (χ0n) is 17.3. The highest BCUT2D eigenvalue weighted by atomic mass is 31.2. The lowest BCUT2D eigenvalue weighted by Gasteiger charge is -2.12. The van der Waals surface area contributed by atoms with E-state index < -0.39 is 26.5 Å². The van der Waals surface area contributed by atoms with Crippen LogP contribution in [0.15, 0.2) is 12.2 Å². The number of carbonyl (C=O) groups excluding carboxylic acids is 1. The SMILES string of the molecule is CCCCCCC/C=C\CCCCCCCC(=O)OCC(O)COP(=O)(O)O. The second-order valence-corrected chi connectivity index (χ2v) is 8.34. The molecular weight excluding hydrogens is 383 g/mol. The molecule has 0 fully saturated rings. The Morgan fingerprint density at radius 1 is 0.893 bits per heavy atom. The molecule has 3 N–H and O–H groups in total. The van der Waals surface area contributed by atoms with Gasteiger partial charge < -0.3 is 19.6 Å². The molecule has 7 nitrogen and oxygen atoms in total. The molecular formula is C20H39O7P. The fraction of sp³-hybridized carbons (Fsp3) is 0.850. The summed E-state index contributed by atoms with van der Waals surface area (Å²) in [5.74, 6) is -0.419. The van der Waals surface area contributed by atoms with Crippen LogP contribution < -0.4 is 0 Å². The van der Waals surface area contributed by atoms with Gasteiger partial charge in [0.05, 0.1) is 6.61 Å². The zero-order valence-corrected chi connectivity index (χ0v) is 18.2. The van der Waals surface area contributed by atoms with Gasteiger partial charge in [0, 0.05) is 6.42 Å². The molecule has 0 radical (unpaired) electrons. The lowest BCUT2D eigenvalue weighted by molar-refractivity contribution is -0.147. The Balaban J connectivity index is 3.39. The van der Waals surface area contributed by atoms with Gasteiger partial charge in [0.25, 0.3) is 0 Å². The summed E-state index contributed by atoms with van der Waals surface area (Å²) >= 11 is 0. The van der Waals surface area contributed by atoms with Crippen molar-refractivity contribution >= 4 is 13.8 Å². The van der Waals surface area contributed by atoms with Gasteiger partial charge in [0.2, 0.25) is 0 Å². The maximum Gasteiger partial charge on any atom is 0.469 e. The van der Waals surface area contributed by atoms with E-state index in [1.807, 2.05) is 0 Å². The first kappa shape index (κ1) is 27.3. The maximum absolute atomic E-state index is 11.5. The van der Waals surface area contributed by atoms with E-state index >= 15 is 0 Å². The van der Waals surface area contributed by atoms with Crippen LogP contribution in [0.1, 0.15) is 90.4 Å². The predicted molar refractivity (Wildman–Crippen MR) is 110 cm³/mol. The second-order valence-electron chi connectivity index (χ2n) is 7.10. The summed E-state index contributed by atoms with van der Waals surface area (Å²) in [6, 6.07) is 0. The molecule has 0 saturated carbocycles. The van der Waals surface area contributed by atoms with E-state index in [1.165, 1.54) is 44.9 Å². The number of hydrogen-bond acceptors (Lipinski definition) is 5. The Kier molecular flexibility index (Phi) is 17.8. The Morgan fingerprint density at radius 2 is 1.43 bits per heavy atom. The highest BCUT2D eigenvalue weighted by Crippen LogP contribution is 2.35. The van der Waals surface area contributed by atoms with Crippen molar-refractivity contribution in [2.75, 3.05) is 13.2 Å². The molecule has 0 heterocycles. The van der Waals surface area contributed by atoms with Crippen molar-refractivity contribution in [3.8, 4) is 0 Å². The topological polar surface area (TPSA) is 113 Å². The van der Waals surface area contributed by atoms with Crippen LogP contribution in [0.3, 0.4) is 0 Å². The number of allylic oxidation sites excluding steroid dienone is 2. The van der Waals surface area contributed by atoms with E-state index in [2.05, 4.69) is 23.6 Å². The summed E-state index contributed by atoms with van der Waals surface area (Å²) in [5.41, 5.74) is 0. The Morgan fingerprint density at radius 3 is 2.00 bits per heavy atom. The summed E-state index contributed by atoms with van der Waals surface area (Å²) < 4.78 is 19.5. The molecule has 0 amide bonds.